The van der Waals surface area contributed by atoms with E-state index in [-0.39, 0.29) is 17.9 Å². The number of hydrogen-bond donors (Lipinski definition) is 1. The Morgan fingerprint density at radius 1 is 1.23 bits per heavy atom. The van der Waals surface area contributed by atoms with Gasteiger partial charge in [0, 0.05) is 39.8 Å². The maximum atomic E-state index is 12.3. The van der Waals surface area contributed by atoms with Crippen LogP contribution in [-0.4, -0.2) is 54.4 Å². The molecule has 8 nitrogen and oxygen atoms in total. The number of aliphatic hydroxyl groups excluding tert-OH is 1. The fourth-order valence-electron chi connectivity index (χ4n) is 2.56. The van der Waals surface area contributed by atoms with E-state index in [0.717, 1.165) is 4.57 Å². The average Bonchev–Trinajstić information content (AvgIpc) is 2.91. The summed E-state index contributed by atoms with van der Waals surface area (Å²) in [6.07, 6.45) is 1.59. The third-order valence-corrected chi connectivity index (χ3v) is 3.96. The molecule has 2 aromatic heterocycles. The van der Waals surface area contributed by atoms with Gasteiger partial charge in [0.15, 0.2) is 11.2 Å². The summed E-state index contributed by atoms with van der Waals surface area (Å²) in [5.74, 6) is 0. The topological polar surface area (TPSA) is 85.3 Å². The van der Waals surface area contributed by atoms with Crippen molar-refractivity contribution in [2.75, 3.05) is 19.7 Å². The quantitative estimate of drug-likeness (QED) is 0.750. The van der Waals surface area contributed by atoms with Crippen LogP contribution in [0.25, 0.3) is 11.2 Å². The molecule has 2 aromatic rings. The molecule has 0 unspecified atom stereocenters. The summed E-state index contributed by atoms with van der Waals surface area (Å²) in [7, 11) is 3.07. The number of hydrogen-bond acceptors (Lipinski definition) is 5. The second kappa shape index (κ2) is 6.45. The number of aryl methyl sites for hydroxylation is 1. The van der Waals surface area contributed by atoms with E-state index in [1.807, 2.05) is 0 Å². The summed E-state index contributed by atoms with van der Waals surface area (Å²) in [5, 5.41) is 9.11. The van der Waals surface area contributed by atoms with Crippen molar-refractivity contribution in [3.8, 4) is 0 Å². The van der Waals surface area contributed by atoms with Gasteiger partial charge in [-0.25, -0.2) is 9.78 Å². The Labute approximate surface area is 128 Å². The van der Waals surface area contributed by atoms with Crippen LogP contribution >= 0.6 is 0 Å². The molecular weight excluding hydrogens is 286 g/mol. The molecule has 2 heterocycles. The van der Waals surface area contributed by atoms with Gasteiger partial charge in [-0.05, 0) is 13.8 Å². The summed E-state index contributed by atoms with van der Waals surface area (Å²) in [4.78, 5) is 30.5. The maximum Gasteiger partial charge on any atom is 0.332 e. The van der Waals surface area contributed by atoms with Gasteiger partial charge in [-0.1, -0.05) is 0 Å². The van der Waals surface area contributed by atoms with Crippen molar-refractivity contribution in [1.82, 2.24) is 23.6 Å². The lowest BCUT2D eigenvalue weighted by Gasteiger charge is -2.25. The van der Waals surface area contributed by atoms with Gasteiger partial charge in [-0.15, -0.1) is 0 Å². The number of rotatable bonds is 6. The van der Waals surface area contributed by atoms with Gasteiger partial charge < -0.3 is 9.67 Å². The van der Waals surface area contributed by atoms with Crippen LogP contribution in [-0.2, 0) is 20.6 Å². The molecular formula is C14H23N5O3. The van der Waals surface area contributed by atoms with E-state index in [4.69, 9.17) is 5.11 Å². The molecule has 8 heteroatoms. The van der Waals surface area contributed by atoms with Crippen molar-refractivity contribution in [2.45, 2.75) is 26.4 Å². The Kier molecular flexibility index (Phi) is 4.82. The average molecular weight is 309 g/mol. The van der Waals surface area contributed by atoms with Crippen LogP contribution in [0.5, 0.6) is 0 Å². The Balaban J connectivity index is 2.38. The predicted octanol–water partition coefficient (Wildman–Crippen LogP) is -0.864. The third kappa shape index (κ3) is 2.84. The van der Waals surface area contributed by atoms with Crippen LogP contribution < -0.4 is 11.2 Å². The van der Waals surface area contributed by atoms with E-state index in [1.165, 1.54) is 11.6 Å². The first kappa shape index (κ1) is 16.4. The van der Waals surface area contributed by atoms with E-state index in [9.17, 15) is 9.59 Å². The zero-order valence-electron chi connectivity index (χ0n) is 13.5. The monoisotopic (exact) mass is 309 g/mol. The van der Waals surface area contributed by atoms with Crippen molar-refractivity contribution in [2.24, 2.45) is 14.1 Å². The second-order valence-electron chi connectivity index (χ2n) is 5.67. The van der Waals surface area contributed by atoms with Crippen LogP contribution in [0.3, 0.4) is 0 Å². The molecule has 0 amide bonds. The minimum atomic E-state index is -0.383. The lowest BCUT2D eigenvalue weighted by atomic mass is 10.3. The minimum Gasteiger partial charge on any atom is -0.395 e. The highest BCUT2D eigenvalue weighted by molar-refractivity contribution is 5.69. The number of nitrogens with zero attached hydrogens (tertiary/aromatic N) is 5. The molecule has 2 rings (SSSR count). The molecule has 1 N–H and O–H groups in total. The highest BCUT2D eigenvalue weighted by Gasteiger charge is 2.15. The third-order valence-electron chi connectivity index (χ3n) is 3.96. The largest absolute Gasteiger partial charge is 0.395 e. The molecule has 22 heavy (non-hydrogen) atoms. The second-order valence-corrected chi connectivity index (χ2v) is 5.67. The molecule has 0 bridgehead atoms. The van der Waals surface area contributed by atoms with Crippen LogP contribution in [0.15, 0.2) is 15.9 Å². The first-order valence-electron chi connectivity index (χ1n) is 7.34. The minimum absolute atomic E-state index is 0.0964. The molecule has 0 aromatic carbocycles. The van der Waals surface area contributed by atoms with Gasteiger partial charge >= 0.3 is 5.69 Å². The van der Waals surface area contributed by atoms with Crippen LogP contribution in [0.4, 0.5) is 0 Å². The number of aromatic nitrogens is 4. The highest BCUT2D eigenvalue weighted by atomic mass is 16.3. The van der Waals surface area contributed by atoms with E-state index in [1.54, 1.807) is 17.9 Å². The molecule has 122 valence electrons. The van der Waals surface area contributed by atoms with E-state index in [0.29, 0.717) is 36.8 Å². The lowest BCUT2D eigenvalue weighted by molar-refractivity contribution is 0.161. The SMILES string of the molecule is CC(C)N(CCO)CCn1cnc2c1c(=O)n(C)c(=O)n2C. The van der Waals surface area contributed by atoms with Gasteiger partial charge in [0.05, 0.1) is 12.9 Å². The van der Waals surface area contributed by atoms with Crippen molar-refractivity contribution < 1.29 is 5.11 Å². The van der Waals surface area contributed by atoms with Gasteiger partial charge in [-0.2, -0.15) is 0 Å². The van der Waals surface area contributed by atoms with Crippen molar-refractivity contribution in [1.29, 1.82) is 0 Å². The first-order valence-corrected chi connectivity index (χ1v) is 7.34. The smallest absolute Gasteiger partial charge is 0.332 e. The Morgan fingerprint density at radius 2 is 1.91 bits per heavy atom. The fraction of sp³-hybridized carbons (Fsp3) is 0.643. The zero-order valence-corrected chi connectivity index (χ0v) is 13.5. The van der Waals surface area contributed by atoms with E-state index in [2.05, 4.69) is 23.7 Å². The lowest BCUT2D eigenvalue weighted by Crippen LogP contribution is -2.38. The molecule has 0 atom stereocenters. The first-order chi connectivity index (χ1) is 10.4. The number of fused-ring (bicyclic) bond motifs is 1. The summed E-state index contributed by atoms with van der Waals surface area (Å²) >= 11 is 0. The zero-order chi connectivity index (χ0) is 16.4. The molecule has 0 spiro atoms. The molecule has 0 fully saturated rings. The van der Waals surface area contributed by atoms with Gasteiger partial charge in [0.1, 0.15) is 0 Å². The Morgan fingerprint density at radius 3 is 2.50 bits per heavy atom. The number of aliphatic hydroxyl groups is 1. The Bertz CT molecular complexity index is 771. The molecule has 0 radical (unpaired) electrons. The van der Waals surface area contributed by atoms with Gasteiger partial charge in [0.2, 0.25) is 0 Å². The summed E-state index contributed by atoms with van der Waals surface area (Å²) in [5.41, 5.74) is 0.101. The maximum absolute atomic E-state index is 12.3. The number of imidazole rings is 1. The van der Waals surface area contributed by atoms with Crippen LogP contribution in [0, 0.1) is 0 Å². The van der Waals surface area contributed by atoms with Gasteiger partial charge in [-0.3, -0.25) is 18.8 Å². The Hall–Kier alpha value is -1.93. The molecule has 0 saturated carbocycles. The van der Waals surface area contributed by atoms with Crippen molar-refractivity contribution >= 4 is 11.2 Å². The fourth-order valence-corrected chi connectivity index (χ4v) is 2.56. The van der Waals surface area contributed by atoms with Crippen molar-refractivity contribution in [3.63, 3.8) is 0 Å². The van der Waals surface area contributed by atoms with Crippen molar-refractivity contribution in [3.05, 3.63) is 27.2 Å². The molecule has 0 saturated heterocycles. The molecule has 0 aliphatic heterocycles. The van der Waals surface area contributed by atoms with Gasteiger partial charge in [0.25, 0.3) is 5.56 Å². The van der Waals surface area contributed by atoms with E-state index < -0.39 is 0 Å². The van der Waals surface area contributed by atoms with E-state index >= 15 is 0 Å². The molecule has 0 aliphatic rings. The standard InChI is InChI=1S/C14H23N5O3/c1-10(2)18(7-8-20)5-6-19-9-15-12-11(19)13(21)17(4)14(22)16(12)3/h9-10,20H,5-8H2,1-4H3. The summed E-state index contributed by atoms with van der Waals surface area (Å²) in [6.45, 7) is 6.06. The van der Waals surface area contributed by atoms with Crippen LogP contribution in [0.2, 0.25) is 0 Å². The highest BCUT2D eigenvalue weighted by Crippen LogP contribution is 2.06. The summed E-state index contributed by atoms with van der Waals surface area (Å²) in [6, 6.07) is 0.300. The van der Waals surface area contributed by atoms with Crippen LogP contribution in [0.1, 0.15) is 13.8 Å². The predicted molar refractivity (Wildman–Crippen MR) is 84.0 cm³/mol. The summed E-state index contributed by atoms with van der Waals surface area (Å²) < 4.78 is 4.24. The molecule has 0 aliphatic carbocycles. The normalized spacial score (nSPS) is 12.0.